The molecule has 1 aromatic rings. The third-order valence-corrected chi connectivity index (χ3v) is 2.49. The van der Waals surface area contributed by atoms with Gasteiger partial charge >= 0.3 is 0 Å². The normalized spacial score (nSPS) is 15.4. The molecule has 0 amide bonds. The molecule has 0 aromatic carbocycles. The average Bonchev–Trinajstić information content (AvgIpc) is 2.66. The molecule has 1 unspecified atom stereocenters. The van der Waals surface area contributed by atoms with Crippen molar-refractivity contribution >= 4 is 0 Å². The van der Waals surface area contributed by atoms with Crippen LogP contribution in [-0.2, 0) is 12.1 Å². The lowest BCUT2D eigenvalue weighted by Crippen LogP contribution is -2.37. The van der Waals surface area contributed by atoms with Crippen LogP contribution >= 0.6 is 0 Å². The molecular formula is C10H19N3O. The summed E-state index contributed by atoms with van der Waals surface area (Å²) >= 11 is 0. The number of rotatable bonds is 5. The molecule has 14 heavy (non-hydrogen) atoms. The largest absolute Gasteiger partial charge is 0.382 e. The SMILES string of the molecule is CCCC(O)(CN)c1ccnn1CC. The van der Waals surface area contributed by atoms with Gasteiger partial charge in [-0.05, 0) is 19.4 Å². The summed E-state index contributed by atoms with van der Waals surface area (Å²) in [6, 6.07) is 1.84. The molecule has 0 saturated carbocycles. The summed E-state index contributed by atoms with van der Waals surface area (Å²) in [6.07, 6.45) is 3.28. The van der Waals surface area contributed by atoms with E-state index in [1.54, 1.807) is 10.9 Å². The van der Waals surface area contributed by atoms with Crippen LogP contribution in [0.4, 0.5) is 0 Å². The molecule has 3 N–H and O–H groups in total. The van der Waals surface area contributed by atoms with Crippen LogP contribution in [0.1, 0.15) is 32.4 Å². The van der Waals surface area contributed by atoms with E-state index in [4.69, 9.17) is 5.73 Å². The Kier molecular flexibility index (Phi) is 3.66. The monoisotopic (exact) mass is 197 g/mol. The second-order valence-electron chi connectivity index (χ2n) is 3.52. The molecule has 4 nitrogen and oxygen atoms in total. The van der Waals surface area contributed by atoms with Crippen LogP contribution in [0.15, 0.2) is 12.3 Å². The highest BCUT2D eigenvalue weighted by Crippen LogP contribution is 2.24. The molecule has 0 aliphatic heterocycles. The van der Waals surface area contributed by atoms with Crippen molar-refractivity contribution < 1.29 is 5.11 Å². The molecule has 0 bridgehead atoms. The molecule has 0 fully saturated rings. The topological polar surface area (TPSA) is 64.1 Å². The summed E-state index contributed by atoms with van der Waals surface area (Å²) in [6.45, 7) is 5.04. The number of hydrogen-bond donors (Lipinski definition) is 2. The van der Waals surface area contributed by atoms with Gasteiger partial charge in [-0.2, -0.15) is 5.10 Å². The lowest BCUT2D eigenvalue weighted by atomic mass is 9.94. The zero-order valence-corrected chi connectivity index (χ0v) is 8.90. The highest BCUT2D eigenvalue weighted by molar-refractivity contribution is 5.12. The van der Waals surface area contributed by atoms with Crippen LogP contribution in [0, 0.1) is 0 Å². The Labute approximate surface area is 84.7 Å². The Hall–Kier alpha value is -0.870. The van der Waals surface area contributed by atoms with E-state index in [0.29, 0.717) is 6.42 Å². The third-order valence-electron chi connectivity index (χ3n) is 2.49. The van der Waals surface area contributed by atoms with Crippen molar-refractivity contribution in [3.05, 3.63) is 18.0 Å². The van der Waals surface area contributed by atoms with E-state index in [0.717, 1.165) is 18.7 Å². The molecule has 1 atom stereocenters. The summed E-state index contributed by atoms with van der Waals surface area (Å²) in [4.78, 5) is 0. The molecule has 0 aliphatic rings. The van der Waals surface area contributed by atoms with E-state index in [-0.39, 0.29) is 6.54 Å². The van der Waals surface area contributed by atoms with Crippen LogP contribution in [0.25, 0.3) is 0 Å². The van der Waals surface area contributed by atoms with Crippen molar-refractivity contribution in [2.24, 2.45) is 5.73 Å². The van der Waals surface area contributed by atoms with Crippen molar-refractivity contribution in [1.82, 2.24) is 9.78 Å². The molecule has 0 aliphatic carbocycles. The first kappa shape index (κ1) is 11.2. The van der Waals surface area contributed by atoms with E-state index in [1.807, 2.05) is 19.9 Å². The average molecular weight is 197 g/mol. The van der Waals surface area contributed by atoms with Crippen molar-refractivity contribution in [3.63, 3.8) is 0 Å². The first-order valence-corrected chi connectivity index (χ1v) is 5.12. The van der Waals surface area contributed by atoms with E-state index >= 15 is 0 Å². The third kappa shape index (κ3) is 1.96. The van der Waals surface area contributed by atoms with Gasteiger partial charge < -0.3 is 10.8 Å². The summed E-state index contributed by atoms with van der Waals surface area (Å²) in [5, 5.41) is 14.4. The minimum absolute atomic E-state index is 0.243. The maximum absolute atomic E-state index is 10.3. The molecule has 0 radical (unpaired) electrons. The van der Waals surface area contributed by atoms with Gasteiger partial charge in [-0.3, -0.25) is 4.68 Å². The number of nitrogens with zero attached hydrogens (tertiary/aromatic N) is 2. The van der Waals surface area contributed by atoms with Gasteiger partial charge in [-0.15, -0.1) is 0 Å². The van der Waals surface area contributed by atoms with Crippen molar-refractivity contribution in [2.75, 3.05) is 6.54 Å². The van der Waals surface area contributed by atoms with E-state index in [1.165, 1.54) is 0 Å². The smallest absolute Gasteiger partial charge is 0.118 e. The second kappa shape index (κ2) is 4.57. The van der Waals surface area contributed by atoms with Crippen LogP contribution < -0.4 is 5.73 Å². The van der Waals surface area contributed by atoms with Crippen molar-refractivity contribution in [3.8, 4) is 0 Å². The van der Waals surface area contributed by atoms with E-state index in [9.17, 15) is 5.11 Å². The number of hydrogen-bond acceptors (Lipinski definition) is 3. The fraction of sp³-hybridized carbons (Fsp3) is 0.700. The Morgan fingerprint density at radius 2 is 2.29 bits per heavy atom. The highest BCUT2D eigenvalue weighted by atomic mass is 16.3. The van der Waals surface area contributed by atoms with Gasteiger partial charge in [0.25, 0.3) is 0 Å². The first-order chi connectivity index (χ1) is 6.68. The Morgan fingerprint density at radius 1 is 1.57 bits per heavy atom. The number of nitrogens with two attached hydrogens (primary N) is 1. The number of aromatic nitrogens is 2. The van der Waals surface area contributed by atoms with Gasteiger partial charge in [0.2, 0.25) is 0 Å². The van der Waals surface area contributed by atoms with Gasteiger partial charge in [-0.1, -0.05) is 13.3 Å². The van der Waals surface area contributed by atoms with Gasteiger partial charge in [-0.25, -0.2) is 0 Å². The van der Waals surface area contributed by atoms with E-state index < -0.39 is 5.60 Å². The summed E-state index contributed by atoms with van der Waals surface area (Å²) in [5.41, 5.74) is 5.52. The lowest BCUT2D eigenvalue weighted by Gasteiger charge is -2.26. The molecule has 80 valence electrons. The summed E-state index contributed by atoms with van der Waals surface area (Å²) in [5.74, 6) is 0. The molecule has 0 saturated heterocycles. The quantitative estimate of drug-likeness (QED) is 0.735. The minimum Gasteiger partial charge on any atom is -0.382 e. The fourth-order valence-electron chi connectivity index (χ4n) is 1.73. The first-order valence-electron chi connectivity index (χ1n) is 5.12. The molecule has 0 spiro atoms. The molecule has 1 rings (SSSR count). The van der Waals surface area contributed by atoms with Crippen molar-refractivity contribution in [1.29, 1.82) is 0 Å². The predicted octanol–water partition coefficient (Wildman–Crippen LogP) is 0.849. The maximum atomic E-state index is 10.3. The Morgan fingerprint density at radius 3 is 2.79 bits per heavy atom. The van der Waals surface area contributed by atoms with Crippen LogP contribution in [0.2, 0.25) is 0 Å². The summed E-state index contributed by atoms with van der Waals surface area (Å²) in [7, 11) is 0. The van der Waals surface area contributed by atoms with E-state index in [2.05, 4.69) is 5.10 Å². The maximum Gasteiger partial charge on any atom is 0.118 e. The molecule has 1 aromatic heterocycles. The minimum atomic E-state index is -0.915. The molecule has 4 heteroatoms. The summed E-state index contributed by atoms with van der Waals surface area (Å²) < 4.78 is 1.79. The molecule has 1 heterocycles. The van der Waals surface area contributed by atoms with Gasteiger partial charge in [0.15, 0.2) is 0 Å². The standard InChI is InChI=1S/C10H19N3O/c1-3-6-10(14,8-11)9-5-7-12-13(9)4-2/h5,7,14H,3-4,6,8,11H2,1-2H3. The zero-order chi connectivity index (χ0) is 10.6. The van der Waals surface area contributed by atoms with Gasteiger partial charge in [0.05, 0.1) is 5.69 Å². The highest BCUT2D eigenvalue weighted by Gasteiger charge is 2.29. The predicted molar refractivity (Wildman–Crippen MR) is 55.8 cm³/mol. The van der Waals surface area contributed by atoms with Crippen LogP contribution in [0.3, 0.4) is 0 Å². The zero-order valence-electron chi connectivity index (χ0n) is 8.90. The van der Waals surface area contributed by atoms with Crippen molar-refractivity contribution in [2.45, 2.75) is 38.8 Å². The fourth-order valence-corrected chi connectivity index (χ4v) is 1.73. The molecular weight excluding hydrogens is 178 g/mol. The lowest BCUT2D eigenvalue weighted by molar-refractivity contribution is 0.0269. The second-order valence-corrected chi connectivity index (χ2v) is 3.52. The Bertz CT molecular complexity index is 285. The van der Waals surface area contributed by atoms with Gasteiger partial charge in [0.1, 0.15) is 5.60 Å². The Balaban J connectivity index is 2.98. The van der Waals surface area contributed by atoms with Crippen LogP contribution in [0.5, 0.6) is 0 Å². The van der Waals surface area contributed by atoms with Gasteiger partial charge in [0, 0.05) is 19.3 Å². The number of aliphatic hydroxyl groups is 1. The van der Waals surface area contributed by atoms with Crippen LogP contribution in [-0.4, -0.2) is 21.4 Å². The number of aryl methyl sites for hydroxylation is 1.